The predicted octanol–water partition coefficient (Wildman–Crippen LogP) is 1.42. The van der Waals surface area contributed by atoms with Crippen LogP contribution in [0.1, 0.15) is 25.7 Å². The maximum absolute atomic E-state index is 11.4. The molecule has 0 aromatic rings. The molecule has 0 unspecified atom stereocenters. The maximum atomic E-state index is 11.4. The van der Waals surface area contributed by atoms with E-state index in [-0.39, 0.29) is 11.9 Å². The number of hydrogen-bond donors (Lipinski definition) is 0. The minimum absolute atomic E-state index is 0.0249. The number of carbonyl (C=O) groups is 1. The quantitative estimate of drug-likeness (QED) is 0.498. The maximum Gasteiger partial charge on any atom is 0.308 e. The fourth-order valence-electron chi connectivity index (χ4n) is 2.25. The lowest BCUT2D eigenvalue weighted by molar-refractivity contribution is -0.897. The molecule has 82 valence electrons. The van der Waals surface area contributed by atoms with Gasteiger partial charge < -0.3 is 9.22 Å². The molecule has 0 heterocycles. The van der Waals surface area contributed by atoms with Crippen molar-refractivity contribution in [2.75, 3.05) is 28.3 Å². The number of nitrogens with zero attached hydrogens (tertiary/aromatic N) is 1. The molecule has 0 N–H and O–H groups in total. The summed E-state index contributed by atoms with van der Waals surface area (Å²) in [6.45, 7) is 0. The molecule has 0 radical (unpaired) electrons. The van der Waals surface area contributed by atoms with E-state index in [1.165, 1.54) is 13.5 Å². The highest BCUT2D eigenvalue weighted by molar-refractivity contribution is 5.72. The van der Waals surface area contributed by atoms with Crippen LogP contribution in [-0.4, -0.2) is 44.7 Å². The van der Waals surface area contributed by atoms with Gasteiger partial charge in [0.2, 0.25) is 0 Å². The summed E-state index contributed by atoms with van der Waals surface area (Å²) in [7, 11) is 8.08. The first kappa shape index (κ1) is 11.5. The van der Waals surface area contributed by atoms with E-state index in [0.717, 1.165) is 23.7 Å². The van der Waals surface area contributed by atoms with Crippen molar-refractivity contribution in [3.05, 3.63) is 0 Å². The normalized spacial score (nSPS) is 28.6. The van der Waals surface area contributed by atoms with Gasteiger partial charge in [-0.3, -0.25) is 4.79 Å². The summed E-state index contributed by atoms with van der Waals surface area (Å²) in [5, 5.41) is 0. The molecule has 1 aliphatic carbocycles. The highest BCUT2D eigenvalue weighted by atomic mass is 16.5. The first-order chi connectivity index (χ1) is 6.45. The van der Waals surface area contributed by atoms with E-state index in [9.17, 15) is 4.79 Å². The van der Waals surface area contributed by atoms with Gasteiger partial charge in [-0.1, -0.05) is 0 Å². The molecule has 14 heavy (non-hydrogen) atoms. The van der Waals surface area contributed by atoms with Gasteiger partial charge in [0.15, 0.2) is 0 Å². The molecule has 0 saturated heterocycles. The van der Waals surface area contributed by atoms with Crippen LogP contribution in [0.25, 0.3) is 0 Å². The van der Waals surface area contributed by atoms with Crippen molar-refractivity contribution in [1.82, 2.24) is 0 Å². The van der Waals surface area contributed by atoms with Crippen molar-refractivity contribution in [2.45, 2.75) is 31.7 Å². The van der Waals surface area contributed by atoms with Gasteiger partial charge in [0.1, 0.15) is 0 Å². The van der Waals surface area contributed by atoms with Crippen LogP contribution in [0.2, 0.25) is 0 Å². The number of hydrogen-bond acceptors (Lipinski definition) is 2. The average Bonchev–Trinajstić information content (AvgIpc) is 2.15. The Balaban J connectivity index is 2.56. The Morgan fingerprint density at radius 1 is 1.29 bits per heavy atom. The van der Waals surface area contributed by atoms with Crippen molar-refractivity contribution >= 4 is 5.97 Å². The first-order valence-electron chi connectivity index (χ1n) is 5.34. The molecule has 0 aromatic heterocycles. The molecular weight excluding hydrogens is 178 g/mol. The summed E-state index contributed by atoms with van der Waals surface area (Å²) in [6, 6.07) is 0.604. The van der Waals surface area contributed by atoms with Gasteiger partial charge in [0, 0.05) is 6.42 Å². The summed E-state index contributed by atoms with van der Waals surface area (Å²) in [5.74, 6) is 0.110. The summed E-state index contributed by atoms with van der Waals surface area (Å²) in [5.41, 5.74) is 0. The molecule has 3 heteroatoms. The molecule has 1 aliphatic rings. The third kappa shape index (κ3) is 2.71. The third-order valence-corrected chi connectivity index (χ3v) is 3.28. The summed E-state index contributed by atoms with van der Waals surface area (Å²) in [6.07, 6.45) is 4.37. The number of ether oxygens (including phenoxy) is 1. The molecule has 0 amide bonds. The van der Waals surface area contributed by atoms with Crippen molar-refractivity contribution in [3.63, 3.8) is 0 Å². The van der Waals surface area contributed by atoms with E-state index in [4.69, 9.17) is 4.74 Å². The van der Waals surface area contributed by atoms with Crippen LogP contribution in [0.15, 0.2) is 0 Å². The van der Waals surface area contributed by atoms with E-state index in [2.05, 4.69) is 21.1 Å². The third-order valence-electron chi connectivity index (χ3n) is 3.28. The van der Waals surface area contributed by atoms with E-state index >= 15 is 0 Å². The lowest BCUT2D eigenvalue weighted by Gasteiger charge is -2.38. The second-order valence-electron chi connectivity index (χ2n) is 5.16. The molecule has 0 aromatic carbocycles. The standard InChI is InChI=1S/C11H22NO2/c1-12(2,3)10-7-5-6-9(8-10)11(13)14-4/h9-10H,5-8H2,1-4H3/q+1/t9-,10-/m0/s1. The monoisotopic (exact) mass is 200 g/mol. The van der Waals surface area contributed by atoms with Gasteiger partial charge in [-0.15, -0.1) is 0 Å². The zero-order valence-corrected chi connectivity index (χ0v) is 9.75. The van der Waals surface area contributed by atoms with Gasteiger partial charge in [0.25, 0.3) is 0 Å². The predicted molar refractivity (Wildman–Crippen MR) is 55.8 cm³/mol. The minimum atomic E-state index is -0.0249. The Labute approximate surface area is 86.6 Å². The van der Waals surface area contributed by atoms with Gasteiger partial charge in [-0.2, -0.15) is 0 Å². The topological polar surface area (TPSA) is 26.3 Å². The second kappa shape index (κ2) is 4.30. The van der Waals surface area contributed by atoms with Gasteiger partial charge in [0.05, 0.1) is 40.2 Å². The Bertz CT molecular complexity index is 208. The second-order valence-corrected chi connectivity index (χ2v) is 5.16. The van der Waals surface area contributed by atoms with E-state index in [0.29, 0.717) is 6.04 Å². The number of methoxy groups -OCH3 is 1. The van der Waals surface area contributed by atoms with Crippen LogP contribution < -0.4 is 0 Å². The fourth-order valence-corrected chi connectivity index (χ4v) is 2.25. The SMILES string of the molecule is COC(=O)[C@H]1CCC[C@H]([N+](C)(C)C)C1. The first-order valence-corrected chi connectivity index (χ1v) is 5.34. The Hall–Kier alpha value is -0.570. The molecule has 0 bridgehead atoms. The van der Waals surface area contributed by atoms with Crippen LogP contribution in [0.5, 0.6) is 0 Å². The Kier molecular flexibility index (Phi) is 3.53. The Morgan fingerprint density at radius 3 is 2.43 bits per heavy atom. The van der Waals surface area contributed by atoms with Crippen molar-refractivity contribution in [2.24, 2.45) is 5.92 Å². The molecule has 1 saturated carbocycles. The van der Waals surface area contributed by atoms with Crippen molar-refractivity contribution < 1.29 is 14.0 Å². The number of esters is 1. The average molecular weight is 200 g/mol. The van der Waals surface area contributed by atoms with Gasteiger partial charge in [-0.25, -0.2) is 0 Å². The largest absolute Gasteiger partial charge is 0.469 e. The highest BCUT2D eigenvalue weighted by Gasteiger charge is 2.34. The lowest BCUT2D eigenvalue weighted by Crippen LogP contribution is -2.48. The summed E-state index contributed by atoms with van der Waals surface area (Å²) in [4.78, 5) is 11.4. The van der Waals surface area contributed by atoms with E-state index < -0.39 is 0 Å². The van der Waals surface area contributed by atoms with Crippen LogP contribution in [0.4, 0.5) is 0 Å². The van der Waals surface area contributed by atoms with Crippen molar-refractivity contribution in [1.29, 1.82) is 0 Å². The summed E-state index contributed by atoms with van der Waals surface area (Å²) >= 11 is 0. The molecule has 2 atom stereocenters. The number of rotatable bonds is 2. The number of carbonyl (C=O) groups excluding carboxylic acids is 1. The number of quaternary nitrogens is 1. The molecule has 0 aliphatic heterocycles. The molecule has 0 spiro atoms. The van der Waals surface area contributed by atoms with E-state index in [1.54, 1.807) is 0 Å². The smallest absolute Gasteiger partial charge is 0.308 e. The molecule has 1 fully saturated rings. The van der Waals surface area contributed by atoms with Crippen LogP contribution in [-0.2, 0) is 9.53 Å². The summed E-state index contributed by atoms with van der Waals surface area (Å²) < 4.78 is 5.76. The van der Waals surface area contributed by atoms with Gasteiger partial charge in [-0.05, 0) is 19.3 Å². The lowest BCUT2D eigenvalue weighted by atomic mass is 9.84. The zero-order chi connectivity index (χ0) is 10.8. The van der Waals surface area contributed by atoms with E-state index in [1.807, 2.05) is 0 Å². The fraction of sp³-hybridized carbons (Fsp3) is 0.909. The molecule has 3 nitrogen and oxygen atoms in total. The zero-order valence-electron chi connectivity index (χ0n) is 9.75. The Morgan fingerprint density at radius 2 is 1.93 bits per heavy atom. The minimum Gasteiger partial charge on any atom is -0.469 e. The van der Waals surface area contributed by atoms with Crippen LogP contribution in [0.3, 0.4) is 0 Å². The molecule has 1 rings (SSSR count). The highest BCUT2D eigenvalue weighted by Crippen LogP contribution is 2.29. The van der Waals surface area contributed by atoms with Crippen LogP contribution >= 0.6 is 0 Å². The van der Waals surface area contributed by atoms with Crippen molar-refractivity contribution in [3.8, 4) is 0 Å². The van der Waals surface area contributed by atoms with Gasteiger partial charge >= 0.3 is 5.97 Å². The molecular formula is C11H22NO2+. The van der Waals surface area contributed by atoms with Crippen LogP contribution in [0, 0.1) is 5.92 Å².